The van der Waals surface area contributed by atoms with Gasteiger partial charge in [0.05, 0.1) is 25.1 Å². The number of benzene rings is 2. The zero-order chi connectivity index (χ0) is 21.6. The summed E-state index contributed by atoms with van der Waals surface area (Å²) in [7, 11) is -1.84. The summed E-state index contributed by atoms with van der Waals surface area (Å²) in [6.45, 7) is 6.08. The highest BCUT2D eigenvalue weighted by atomic mass is 32.2. The summed E-state index contributed by atoms with van der Waals surface area (Å²) in [5.74, 6) is 0.593. The summed E-state index contributed by atoms with van der Waals surface area (Å²) in [4.78, 5) is 12.4. The lowest BCUT2D eigenvalue weighted by atomic mass is 10.1. The molecule has 0 unspecified atom stereocenters. The first-order chi connectivity index (χ1) is 13.6. The molecule has 29 heavy (non-hydrogen) atoms. The minimum Gasteiger partial charge on any atom is -0.496 e. The highest BCUT2D eigenvalue weighted by Gasteiger charge is 2.19. The molecule has 2 aromatic carbocycles. The number of rotatable bonds is 9. The summed E-state index contributed by atoms with van der Waals surface area (Å²) in [5, 5.41) is 2.95. The molecule has 0 heterocycles. The van der Waals surface area contributed by atoms with Gasteiger partial charge in [0, 0.05) is 18.5 Å². The molecule has 0 radical (unpaired) electrons. The molecule has 0 aliphatic carbocycles. The molecule has 0 aliphatic heterocycles. The monoisotopic (exact) mass is 418 g/mol. The Morgan fingerprint density at radius 3 is 2.45 bits per heavy atom. The van der Waals surface area contributed by atoms with Crippen LogP contribution in [0.5, 0.6) is 5.75 Å². The van der Waals surface area contributed by atoms with Gasteiger partial charge < -0.3 is 10.1 Å². The Balaban J connectivity index is 1.98. The average Bonchev–Trinajstić information content (AvgIpc) is 2.66. The van der Waals surface area contributed by atoms with Gasteiger partial charge in [0.1, 0.15) is 5.75 Å². The molecular formula is C22H30N2O4S. The van der Waals surface area contributed by atoms with Crippen LogP contribution >= 0.6 is 0 Å². The largest absolute Gasteiger partial charge is 0.496 e. The lowest BCUT2D eigenvalue weighted by Gasteiger charge is -2.23. The van der Waals surface area contributed by atoms with Crippen molar-refractivity contribution >= 4 is 21.6 Å². The highest BCUT2D eigenvalue weighted by Crippen LogP contribution is 2.25. The van der Waals surface area contributed by atoms with E-state index in [0.29, 0.717) is 12.1 Å². The van der Waals surface area contributed by atoms with Crippen molar-refractivity contribution in [3.8, 4) is 5.75 Å². The molecule has 1 atom stereocenters. The van der Waals surface area contributed by atoms with E-state index < -0.39 is 10.0 Å². The SMILES string of the molecule is COc1ccccc1[C@H](C)NC(=O)CCCN(c1ccc(C)c(C)c1)S(C)(=O)=O. The average molecular weight is 419 g/mol. The number of aryl methyl sites for hydroxylation is 2. The van der Waals surface area contributed by atoms with E-state index in [1.54, 1.807) is 13.2 Å². The molecule has 0 saturated carbocycles. The zero-order valence-corrected chi connectivity index (χ0v) is 18.5. The van der Waals surface area contributed by atoms with E-state index in [1.807, 2.05) is 57.2 Å². The maximum Gasteiger partial charge on any atom is 0.232 e. The second kappa shape index (κ2) is 9.78. The molecule has 1 N–H and O–H groups in total. The molecule has 6 nitrogen and oxygen atoms in total. The Morgan fingerprint density at radius 1 is 1.14 bits per heavy atom. The van der Waals surface area contributed by atoms with Gasteiger partial charge in [0.25, 0.3) is 0 Å². The molecule has 0 fully saturated rings. The van der Waals surface area contributed by atoms with E-state index in [2.05, 4.69) is 5.32 Å². The predicted molar refractivity (Wildman–Crippen MR) is 117 cm³/mol. The third-order valence-electron chi connectivity index (χ3n) is 4.93. The van der Waals surface area contributed by atoms with Crippen molar-refractivity contribution in [3.63, 3.8) is 0 Å². The van der Waals surface area contributed by atoms with Crippen molar-refractivity contribution in [3.05, 3.63) is 59.2 Å². The third-order valence-corrected chi connectivity index (χ3v) is 6.12. The molecule has 0 aromatic heterocycles. The first-order valence-corrected chi connectivity index (χ1v) is 11.5. The fraction of sp³-hybridized carbons (Fsp3) is 0.409. The summed E-state index contributed by atoms with van der Waals surface area (Å²) < 4.78 is 31.2. The van der Waals surface area contributed by atoms with Crippen molar-refractivity contribution < 1.29 is 17.9 Å². The van der Waals surface area contributed by atoms with Gasteiger partial charge in [-0.15, -0.1) is 0 Å². The summed E-state index contributed by atoms with van der Waals surface area (Å²) in [5.41, 5.74) is 3.65. The summed E-state index contributed by atoms with van der Waals surface area (Å²) >= 11 is 0. The van der Waals surface area contributed by atoms with Gasteiger partial charge in [-0.2, -0.15) is 0 Å². The number of amides is 1. The Hall–Kier alpha value is -2.54. The van der Waals surface area contributed by atoms with Crippen LogP contribution in [0.3, 0.4) is 0 Å². The van der Waals surface area contributed by atoms with Gasteiger partial charge in [-0.3, -0.25) is 9.10 Å². The van der Waals surface area contributed by atoms with Crippen LogP contribution in [0.2, 0.25) is 0 Å². The number of hydrogen-bond acceptors (Lipinski definition) is 4. The number of methoxy groups -OCH3 is 1. The van der Waals surface area contributed by atoms with Crippen molar-refractivity contribution in [2.24, 2.45) is 0 Å². The van der Waals surface area contributed by atoms with Gasteiger partial charge in [-0.25, -0.2) is 8.42 Å². The van der Waals surface area contributed by atoms with E-state index in [9.17, 15) is 13.2 Å². The van der Waals surface area contributed by atoms with Crippen LogP contribution in [0.4, 0.5) is 5.69 Å². The van der Waals surface area contributed by atoms with E-state index in [1.165, 1.54) is 10.6 Å². The van der Waals surface area contributed by atoms with Crippen LogP contribution in [0.1, 0.15) is 42.5 Å². The number of sulfonamides is 1. The van der Waals surface area contributed by atoms with Gasteiger partial charge in [-0.05, 0) is 56.5 Å². The quantitative estimate of drug-likeness (QED) is 0.673. The van der Waals surface area contributed by atoms with Crippen molar-refractivity contribution in [2.45, 2.75) is 39.7 Å². The predicted octanol–water partition coefficient (Wildman–Crippen LogP) is 3.74. The van der Waals surface area contributed by atoms with Crippen molar-refractivity contribution in [1.82, 2.24) is 5.32 Å². The van der Waals surface area contributed by atoms with Crippen LogP contribution in [0, 0.1) is 13.8 Å². The fourth-order valence-corrected chi connectivity index (χ4v) is 4.12. The standard InChI is InChI=1S/C22H30N2O4S/c1-16-12-13-19(15-17(16)2)24(29(5,26)27)14-8-11-22(25)23-18(3)20-9-6-7-10-21(20)28-4/h6-7,9-10,12-13,15,18H,8,11,14H2,1-5H3,(H,23,25)/t18-/m0/s1. The van der Waals surface area contributed by atoms with Gasteiger partial charge >= 0.3 is 0 Å². The van der Waals surface area contributed by atoms with Crippen LogP contribution in [-0.4, -0.2) is 34.2 Å². The van der Waals surface area contributed by atoms with E-state index in [-0.39, 0.29) is 24.9 Å². The highest BCUT2D eigenvalue weighted by molar-refractivity contribution is 7.92. The van der Waals surface area contributed by atoms with Crippen LogP contribution < -0.4 is 14.4 Å². The summed E-state index contributed by atoms with van der Waals surface area (Å²) in [6, 6.07) is 12.9. The molecule has 0 spiro atoms. The number of nitrogens with zero attached hydrogens (tertiary/aromatic N) is 1. The molecular weight excluding hydrogens is 388 g/mol. The van der Waals surface area contributed by atoms with Gasteiger partial charge in [0.2, 0.25) is 15.9 Å². The van der Waals surface area contributed by atoms with Crippen LogP contribution in [0.25, 0.3) is 0 Å². The van der Waals surface area contributed by atoms with Crippen molar-refractivity contribution in [2.75, 3.05) is 24.2 Å². The number of nitrogens with one attached hydrogen (secondary N) is 1. The number of carbonyl (C=O) groups is 1. The first-order valence-electron chi connectivity index (χ1n) is 9.60. The number of ether oxygens (including phenoxy) is 1. The van der Waals surface area contributed by atoms with Crippen LogP contribution in [-0.2, 0) is 14.8 Å². The number of hydrogen-bond donors (Lipinski definition) is 1. The van der Waals surface area contributed by atoms with Gasteiger partial charge in [-0.1, -0.05) is 24.3 Å². The molecule has 158 valence electrons. The molecule has 0 aliphatic rings. The molecule has 0 saturated heterocycles. The Kier molecular flexibility index (Phi) is 7.67. The normalized spacial score (nSPS) is 12.3. The number of carbonyl (C=O) groups excluding carboxylic acids is 1. The number of para-hydroxylation sites is 1. The Bertz CT molecular complexity index is 957. The van der Waals surface area contributed by atoms with Gasteiger partial charge in [0.15, 0.2) is 0 Å². The maximum atomic E-state index is 12.4. The van der Waals surface area contributed by atoms with E-state index >= 15 is 0 Å². The lowest BCUT2D eigenvalue weighted by molar-refractivity contribution is -0.121. The minimum absolute atomic E-state index is 0.128. The maximum absolute atomic E-state index is 12.4. The van der Waals surface area contributed by atoms with E-state index in [4.69, 9.17) is 4.74 Å². The molecule has 7 heteroatoms. The summed E-state index contributed by atoms with van der Waals surface area (Å²) in [6.07, 6.45) is 1.84. The zero-order valence-electron chi connectivity index (χ0n) is 17.7. The molecule has 0 bridgehead atoms. The van der Waals surface area contributed by atoms with E-state index in [0.717, 1.165) is 22.4 Å². The Labute approximate surface area is 173 Å². The first kappa shape index (κ1) is 22.7. The third kappa shape index (κ3) is 6.22. The molecule has 1 amide bonds. The van der Waals surface area contributed by atoms with Crippen LogP contribution in [0.15, 0.2) is 42.5 Å². The number of anilines is 1. The smallest absolute Gasteiger partial charge is 0.232 e. The Morgan fingerprint density at radius 2 is 1.83 bits per heavy atom. The fourth-order valence-electron chi connectivity index (χ4n) is 3.17. The lowest BCUT2D eigenvalue weighted by Crippen LogP contribution is -2.32. The second-order valence-electron chi connectivity index (χ2n) is 7.24. The minimum atomic E-state index is -3.44. The molecule has 2 rings (SSSR count). The second-order valence-corrected chi connectivity index (χ2v) is 9.15. The van der Waals surface area contributed by atoms with Crippen molar-refractivity contribution in [1.29, 1.82) is 0 Å². The molecule has 2 aromatic rings. The topological polar surface area (TPSA) is 75.7 Å².